The highest BCUT2D eigenvalue weighted by atomic mass is 35.5. The largest absolute Gasteiger partial charge is 0.377 e. The molecule has 0 spiro atoms. The number of rotatable bonds is 4. The summed E-state index contributed by atoms with van der Waals surface area (Å²) in [6.45, 7) is 8.57. The minimum absolute atomic E-state index is 0.228. The Morgan fingerprint density at radius 3 is 2.39 bits per heavy atom. The summed E-state index contributed by atoms with van der Waals surface area (Å²) in [5.74, 6) is 1.29. The normalized spacial score (nSPS) is 25.7. The van der Waals surface area contributed by atoms with Gasteiger partial charge in [0, 0.05) is 13.1 Å². The molecule has 128 valence electrons. The van der Waals surface area contributed by atoms with Crippen molar-refractivity contribution in [3.05, 3.63) is 5.28 Å². The van der Waals surface area contributed by atoms with Gasteiger partial charge in [0.25, 0.3) is 0 Å². The van der Waals surface area contributed by atoms with E-state index in [1.54, 1.807) is 0 Å². The predicted molar refractivity (Wildman–Crippen MR) is 89.3 cm³/mol. The Morgan fingerprint density at radius 2 is 1.70 bits per heavy atom. The molecule has 0 aliphatic carbocycles. The first kappa shape index (κ1) is 16.7. The second-order valence-corrected chi connectivity index (χ2v) is 6.37. The molecular weight excluding hydrogens is 318 g/mol. The molecule has 8 heteroatoms. The lowest BCUT2D eigenvalue weighted by Crippen LogP contribution is -2.47. The molecule has 0 amide bonds. The van der Waals surface area contributed by atoms with E-state index in [1.165, 1.54) is 0 Å². The van der Waals surface area contributed by atoms with Crippen molar-refractivity contribution in [1.29, 1.82) is 0 Å². The van der Waals surface area contributed by atoms with Crippen LogP contribution in [0, 0.1) is 0 Å². The van der Waals surface area contributed by atoms with Gasteiger partial charge < -0.3 is 19.3 Å². The summed E-state index contributed by atoms with van der Waals surface area (Å²) in [6.07, 6.45) is 2.14. The van der Waals surface area contributed by atoms with Gasteiger partial charge in [-0.3, -0.25) is 0 Å². The van der Waals surface area contributed by atoms with Crippen molar-refractivity contribution in [3.8, 4) is 0 Å². The van der Waals surface area contributed by atoms with Crippen molar-refractivity contribution in [2.24, 2.45) is 0 Å². The lowest BCUT2D eigenvalue weighted by atomic mass is 10.1. The fraction of sp³-hybridized carbons (Fsp3) is 0.800. The van der Waals surface area contributed by atoms with Crippen molar-refractivity contribution in [2.75, 3.05) is 49.3 Å². The van der Waals surface area contributed by atoms with Gasteiger partial charge in [-0.2, -0.15) is 15.0 Å². The molecule has 1 aromatic rings. The van der Waals surface area contributed by atoms with Crippen LogP contribution in [0.5, 0.6) is 0 Å². The van der Waals surface area contributed by atoms with Gasteiger partial charge in [-0.15, -0.1) is 0 Å². The van der Waals surface area contributed by atoms with Crippen LogP contribution in [0.2, 0.25) is 5.28 Å². The van der Waals surface area contributed by atoms with E-state index in [9.17, 15) is 0 Å². The molecule has 3 heterocycles. The van der Waals surface area contributed by atoms with Crippen molar-refractivity contribution in [1.82, 2.24) is 15.0 Å². The van der Waals surface area contributed by atoms with Gasteiger partial charge >= 0.3 is 0 Å². The second-order valence-electron chi connectivity index (χ2n) is 6.03. The maximum atomic E-state index is 6.18. The molecule has 7 nitrogen and oxygen atoms in total. The Balaban J connectivity index is 1.87. The van der Waals surface area contributed by atoms with E-state index in [0.29, 0.717) is 44.4 Å². The summed E-state index contributed by atoms with van der Waals surface area (Å²) in [7, 11) is 0. The number of aromatic nitrogens is 3. The average molecular weight is 342 g/mol. The monoisotopic (exact) mass is 341 g/mol. The van der Waals surface area contributed by atoms with Gasteiger partial charge in [0.15, 0.2) is 0 Å². The summed E-state index contributed by atoms with van der Waals surface area (Å²) < 4.78 is 11.1. The molecule has 1 aromatic heterocycles. The Kier molecular flexibility index (Phi) is 5.50. The van der Waals surface area contributed by atoms with Gasteiger partial charge in [0.1, 0.15) is 0 Å². The molecule has 23 heavy (non-hydrogen) atoms. The number of hydrogen-bond donors (Lipinski definition) is 0. The second kappa shape index (κ2) is 7.59. The standard InChI is InChI=1S/C15H24ClN5O2/c1-3-4-12-10-23-8-6-21(12)15-18-13(16)17-14(19-15)20-5-7-22-9-11(20)2/h11-12H,3-10H2,1-2H3/t11-,12?/m1/s1. The number of morpholine rings is 2. The Labute approximate surface area is 142 Å². The Hall–Kier alpha value is -1.18. The molecule has 0 aromatic carbocycles. The van der Waals surface area contributed by atoms with Crippen LogP contribution in [0.4, 0.5) is 11.9 Å². The van der Waals surface area contributed by atoms with Crippen LogP contribution in [0.25, 0.3) is 0 Å². The summed E-state index contributed by atoms with van der Waals surface area (Å²) in [6, 6.07) is 0.522. The number of nitrogens with zero attached hydrogens (tertiary/aromatic N) is 5. The number of ether oxygens (including phenoxy) is 2. The zero-order valence-electron chi connectivity index (χ0n) is 13.7. The first-order valence-electron chi connectivity index (χ1n) is 8.29. The summed E-state index contributed by atoms with van der Waals surface area (Å²) >= 11 is 6.18. The smallest absolute Gasteiger partial charge is 0.231 e. The maximum Gasteiger partial charge on any atom is 0.231 e. The molecule has 2 fully saturated rings. The van der Waals surface area contributed by atoms with Crippen molar-refractivity contribution < 1.29 is 9.47 Å². The molecule has 2 saturated heterocycles. The predicted octanol–water partition coefficient (Wildman–Crippen LogP) is 1.76. The molecular formula is C15H24ClN5O2. The fourth-order valence-electron chi connectivity index (χ4n) is 3.10. The van der Waals surface area contributed by atoms with Crippen molar-refractivity contribution >= 4 is 23.5 Å². The summed E-state index contributed by atoms with van der Waals surface area (Å²) in [5, 5.41) is 0.241. The topological polar surface area (TPSA) is 63.6 Å². The van der Waals surface area contributed by atoms with E-state index in [2.05, 4.69) is 33.6 Å². The van der Waals surface area contributed by atoms with Crippen LogP contribution in [0.3, 0.4) is 0 Å². The van der Waals surface area contributed by atoms with Crippen LogP contribution in [0.1, 0.15) is 26.7 Å². The molecule has 3 rings (SSSR count). The molecule has 0 saturated carbocycles. The van der Waals surface area contributed by atoms with Gasteiger partial charge in [0.05, 0.1) is 38.5 Å². The molecule has 0 bridgehead atoms. The molecule has 1 unspecified atom stereocenters. The average Bonchev–Trinajstić information content (AvgIpc) is 2.55. The highest BCUT2D eigenvalue weighted by Gasteiger charge is 2.28. The third kappa shape index (κ3) is 3.84. The molecule has 2 atom stereocenters. The van der Waals surface area contributed by atoms with E-state index in [1.807, 2.05) is 0 Å². The molecule has 2 aliphatic rings. The minimum atomic E-state index is 0.228. The summed E-state index contributed by atoms with van der Waals surface area (Å²) in [5.41, 5.74) is 0. The number of anilines is 2. The lowest BCUT2D eigenvalue weighted by molar-refractivity contribution is 0.0902. The highest BCUT2D eigenvalue weighted by molar-refractivity contribution is 6.28. The molecule has 2 aliphatic heterocycles. The van der Waals surface area contributed by atoms with Gasteiger partial charge in [-0.25, -0.2) is 0 Å². The highest BCUT2D eigenvalue weighted by Crippen LogP contribution is 2.23. The van der Waals surface area contributed by atoms with E-state index in [4.69, 9.17) is 26.1 Å². The first-order chi connectivity index (χ1) is 11.2. The Morgan fingerprint density at radius 1 is 1.04 bits per heavy atom. The van der Waals surface area contributed by atoms with E-state index in [-0.39, 0.29) is 11.3 Å². The van der Waals surface area contributed by atoms with E-state index >= 15 is 0 Å². The summed E-state index contributed by atoms with van der Waals surface area (Å²) in [4.78, 5) is 17.7. The number of halogens is 1. The van der Waals surface area contributed by atoms with Crippen LogP contribution >= 0.6 is 11.6 Å². The lowest BCUT2D eigenvalue weighted by Gasteiger charge is -2.37. The SMILES string of the molecule is CCCC1COCCN1c1nc(Cl)nc(N2CCOC[C@H]2C)n1. The van der Waals surface area contributed by atoms with Gasteiger partial charge in [-0.1, -0.05) is 13.3 Å². The van der Waals surface area contributed by atoms with E-state index in [0.717, 1.165) is 25.9 Å². The zero-order valence-corrected chi connectivity index (χ0v) is 14.5. The minimum Gasteiger partial charge on any atom is -0.377 e. The maximum absolute atomic E-state index is 6.18. The fourth-order valence-corrected chi connectivity index (χ4v) is 3.25. The van der Waals surface area contributed by atoms with Gasteiger partial charge in [-0.05, 0) is 24.9 Å². The number of hydrogen-bond acceptors (Lipinski definition) is 7. The third-order valence-electron chi connectivity index (χ3n) is 4.32. The Bertz CT molecular complexity index is 531. The van der Waals surface area contributed by atoms with Crippen molar-refractivity contribution in [2.45, 2.75) is 38.8 Å². The zero-order chi connectivity index (χ0) is 16.2. The molecule has 0 N–H and O–H groups in total. The van der Waals surface area contributed by atoms with Crippen LogP contribution < -0.4 is 9.80 Å². The molecule has 0 radical (unpaired) electrons. The van der Waals surface area contributed by atoms with Crippen LogP contribution in [0.15, 0.2) is 0 Å². The van der Waals surface area contributed by atoms with Gasteiger partial charge in [0.2, 0.25) is 17.2 Å². The van der Waals surface area contributed by atoms with Crippen LogP contribution in [-0.2, 0) is 9.47 Å². The van der Waals surface area contributed by atoms with Crippen LogP contribution in [-0.4, -0.2) is 66.6 Å². The first-order valence-corrected chi connectivity index (χ1v) is 8.67. The van der Waals surface area contributed by atoms with E-state index < -0.39 is 0 Å². The third-order valence-corrected chi connectivity index (χ3v) is 4.48. The van der Waals surface area contributed by atoms with Crippen molar-refractivity contribution in [3.63, 3.8) is 0 Å². The quantitative estimate of drug-likeness (QED) is 0.826.